The number of hydrogen-bond acceptors (Lipinski definition) is 6. The van der Waals surface area contributed by atoms with Crippen LogP contribution in [0.25, 0.3) is 0 Å². The molecular weight excluding hydrogens is 252 g/mol. The van der Waals surface area contributed by atoms with E-state index in [1.165, 1.54) is 12.0 Å². The van der Waals surface area contributed by atoms with Crippen LogP contribution in [-0.2, 0) is 23.9 Å². The molecule has 0 spiro atoms. The van der Waals surface area contributed by atoms with Gasteiger partial charge >= 0.3 is 5.97 Å². The minimum absolute atomic E-state index is 0.132. The van der Waals surface area contributed by atoms with Gasteiger partial charge in [-0.3, -0.25) is 24.2 Å². The molecule has 0 N–H and O–H groups in total. The number of esters is 1. The first-order valence-electron chi connectivity index (χ1n) is 6.36. The fourth-order valence-electron chi connectivity index (χ4n) is 2.36. The van der Waals surface area contributed by atoms with Crippen molar-refractivity contribution in [2.45, 2.75) is 18.9 Å². The number of hydrogen-bond donors (Lipinski definition) is 0. The third-order valence-corrected chi connectivity index (χ3v) is 3.48. The maximum absolute atomic E-state index is 11.6. The quantitative estimate of drug-likeness (QED) is 0.482. The lowest BCUT2D eigenvalue weighted by Gasteiger charge is -2.34. The second-order valence-corrected chi connectivity index (χ2v) is 4.59. The van der Waals surface area contributed by atoms with Gasteiger partial charge in [0, 0.05) is 32.5 Å². The van der Waals surface area contributed by atoms with Crippen LogP contribution in [0.4, 0.5) is 0 Å². The molecule has 0 saturated carbocycles. The first kappa shape index (κ1) is 14.0. The Hall–Kier alpha value is -1.47. The number of carbonyl (C=O) groups is 3. The molecule has 2 heterocycles. The van der Waals surface area contributed by atoms with Crippen molar-refractivity contribution in [3.8, 4) is 0 Å². The highest BCUT2D eigenvalue weighted by atomic mass is 16.5. The molecule has 2 fully saturated rings. The molecule has 0 aliphatic carbocycles. The van der Waals surface area contributed by atoms with Gasteiger partial charge in [0.15, 0.2) is 0 Å². The zero-order valence-corrected chi connectivity index (χ0v) is 11.0. The van der Waals surface area contributed by atoms with Gasteiger partial charge in [0.2, 0.25) is 11.8 Å². The normalized spacial score (nSPS) is 24.9. The van der Waals surface area contributed by atoms with Gasteiger partial charge in [-0.1, -0.05) is 0 Å². The highest BCUT2D eigenvalue weighted by Gasteiger charge is 2.33. The Morgan fingerprint density at radius 1 is 1.32 bits per heavy atom. The van der Waals surface area contributed by atoms with E-state index in [2.05, 4.69) is 0 Å². The topological polar surface area (TPSA) is 76.2 Å². The van der Waals surface area contributed by atoms with Gasteiger partial charge in [-0.05, 0) is 0 Å². The standard InChI is InChI=1S/C12H18N2O5/c1-18-12(17)9-8-19-7-6-13(9)4-5-14-10(15)2-3-11(14)16/h9H,2-8H2,1H3. The van der Waals surface area contributed by atoms with Crippen LogP contribution in [0.15, 0.2) is 0 Å². The van der Waals surface area contributed by atoms with Crippen molar-refractivity contribution in [3.63, 3.8) is 0 Å². The summed E-state index contributed by atoms with van der Waals surface area (Å²) in [4.78, 5) is 37.8. The minimum Gasteiger partial charge on any atom is -0.468 e. The fraction of sp³-hybridized carbons (Fsp3) is 0.750. The number of ether oxygens (including phenoxy) is 2. The van der Waals surface area contributed by atoms with Gasteiger partial charge in [0.1, 0.15) is 6.04 Å². The van der Waals surface area contributed by atoms with E-state index in [9.17, 15) is 14.4 Å². The highest BCUT2D eigenvalue weighted by molar-refractivity contribution is 6.01. The van der Waals surface area contributed by atoms with E-state index in [1.807, 2.05) is 4.90 Å². The molecule has 1 atom stereocenters. The molecule has 2 aliphatic heterocycles. The average Bonchev–Trinajstić information content (AvgIpc) is 2.75. The van der Waals surface area contributed by atoms with Crippen LogP contribution in [-0.4, -0.2) is 73.6 Å². The van der Waals surface area contributed by atoms with Crippen molar-refractivity contribution in [2.75, 3.05) is 40.0 Å². The van der Waals surface area contributed by atoms with Crippen molar-refractivity contribution in [1.29, 1.82) is 0 Å². The maximum atomic E-state index is 11.6. The Labute approximate surface area is 111 Å². The van der Waals surface area contributed by atoms with E-state index in [0.717, 1.165) is 0 Å². The van der Waals surface area contributed by atoms with Gasteiger partial charge < -0.3 is 9.47 Å². The Morgan fingerprint density at radius 2 is 2.00 bits per heavy atom. The molecule has 2 amide bonds. The second-order valence-electron chi connectivity index (χ2n) is 4.59. The van der Waals surface area contributed by atoms with Crippen LogP contribution in [0.2, 0.25) is 0 Å². The van der Waals surface area contributed by atoms with E-state index in [0.29, 0.717) is 39.1 Å². The summed E-state index contributed by atoms with van der Waals surface area (Å²) in [5, 5.41) is 0. The van der Waals surface area contributed by atoms with Crippen LogP contribution in [0.5, 0.6) is 0 Å². The SMILES string of the molecule is COC(=O)C1COCCN1CCN1C(=O)CCC1=O. The first-order chi connectivity index (χ1) is 9.13. The number of rotatable bonds is 4. The van der Waals surface area contributed by atoms with Gasteiger partial charge in [-0.25, -0.2) is 0 Å². The molecule has 7 nitrogen and oxygen atoms in total. The van der Waals surface area contributed by atoms with Crippen molar-refractivity contribution in [1.82, 2.24) is 9.80 Å². The zero-order chi connectivity index (χ0) is 13.8. The average molecular weight is 270 g/mol. The van der Waals surface area contributed by atoms with Gasteiger partial charge in [0.25, 0.3) is 0 Å². The summed E-state index contributed by atoms with van der Waals surface area (Å²) >= 11 is 0. The van der Waals surface area contributed by atoms with Gasteiger partial charge in [-0.15, -0.1) is 0 Å². The lowest BCUT2D eigenvalue weighted by molar-refractivity contribution is -0.153. The molecule has 0 aromatic rings. The predicted octanol–water partition coefficient (Wildman–Crippen LogP) is -0.991. The summed E-state index contributed by atoms with van der Waals surface area (Å²) in [5.41, 5.74) is 0. The van der Waals surface area contributed by atoms with E-state index in [4.69, 9.17) is 9.47 Å². The van der Waals surface area contributed by atoms with E-state index >= 15 is 0 Å². The highest BCUT2D eigenvalue weighted by Crippen LogP contribution is 2.13. The van der Waals surface area contributed by atoms with Crippen molar-refractivity contribution >= 4 is 17.8 Å². The van der Waals surface area contributed by atoms with Crippen molar-refractivity contribution in [3.05, 3.63) is 0 Å². The van der Waals surface area contributed by atoms with E-state index < -0.39 is 6.04 Å². The largest absolute Gasteiger partial charge is 0.468 e. The Bertz CT molecular complexity index is 368. The number of amides is 2. The molecule has 106 valence electrons. The van der Waals surface area contributed by atoms with Crippen LogP contribution in [0.3, 0.4) is 0 Å². The number of nitrogens with zero attached hydrogens (tertiary/aromatic N) is 2. The summed E-state index contributed by atoms with van der Waals surface area (Å²) in [6.45, 7) is 2.21. The summed E-state index contributed by atoms with van der Waals surface area (Å²) in [6, 6.07) is -0.452. The number of imide groups is 1. The molecule has 0 aromatic carbocycles. The van der Waals surface area contributed by atoms with Crippen LogP contribution >= 0.6 is 0 Å². The number of methoxy groups -OCH3 is 1. The second kappa shape index (κ2) is 6.12. The summed E-state index contributed by atoms with van der Waals surface area (Å²) in [5.74, 6) is -0.612. The zero-order valence-electron chi connectivity index (χ0n) is 11.0. The van der Waals surface area contributed by atoms with Crippen molar-refractivity contribution < 1.29 is 23.9 Å². The Morgan fingerprint density at radius 3 is 2.63 bits per heavy atom. The summed E-state index contributed by atoms with van der Waals surface area (Å²) in [7, 11) is 1.34. The number of likely N-dealkylation sites (tertiary alicyclic amines) is 1. The first-order valence-corrected chi connectivity index (χ1v) is 6.36. The molecular formula is C12H18N2O5. The monoisotopic (exact) mass is 270 g/mol. The van der Waals surface area contributed by atoms with Crippen LogP contribution < -0.4 is 0 Å². The molecule has 0 radical (unpaired) electrons. The van der Waals surface area contributed by atoms with Crippen molar-refractivity contribution in [2.24, 2.45) is 0 Å². The van der Waals surface area contributed by atoms with E-state index in [-0.39, 0.29) is 24.4 Å². The van der Waals surface area contributed by atoms with E-state index in [1.54, 1.807) is 0 Å². The third-order valence-electron chi connectivity index (χ3n) is 3.48. The molecule has 0 bridgehead atoms. The Kier molecular flexibility index (Phi) is 4.49. The smallest absolute Gasteiger partial charge is 0.325 e. The molecule has 7 heteroatoms. The molecule has 2 aliphatic rings. The lowest BCUT2D eigenvalue weighted by atomic mass is 10.2. The number of morpholine rings is 1. The molecule has 1 unspecified atom stereocenters. The lowest BCUT2D eigenvalue weighted by Crippen LogP contribution is -2.52. The summed E-state index contributed by atoms with van der Waals surface area (Å²) < 4.78 is 9.99. The molecule has 0 aromatic heterocycles. The molecule has 19 heavy (non-hydrogen) atoms. The minimum atomic E-state index is -0.452. The van der Waals surface area contributed by atoms with Gasteiger partial charge in [-0.2, -0.15) is 0 Å². The number of carbonyl (C=O) groups excluding carboxylic acids is 3. The molecule has 2 saturated heterocycles. The van der Waals surface area contributed by atoms with Crippen LogP contribution in [0.1, 0.15) is 12.8 Å². The maximum Gasteiger partial charge on any atom is 0.325 e. The Balaban J connectivity index is 1.91. The predicted molar refractivity (Wildman–Crippen MR) is 64.2 cm³/mol. The van der Waals surface area contributed by atoms with Gasteiger partial charge in [0.05, 0.1) is 20.3 Å². The van der Waals surface area contributed by atoms with Crippen LogP contribution in [0, 0.1) is 0 Å². The third kappa shape index (κ3) is 3.10. The molecule has 2 rings (SSSR count). The summed E-state index contributed by atoms with van der Waals surface area (Å²) in [6.07, 6.45) is 0.588. The fourth-order valence-corrected chi connectivity index (χ4v) is 2.36.